The highest BCUT2D eigenvalue weighted by Gasteiger charge is 2.57. The monoisotopic (exact) mass is 918 g/mol. The minimum Gasteiger partial charge on any atom is -0.415 e. The van der Waals surface area contributed by atoms with Crippen molar-refractivity contribution >= 4 is 66.5 Å². The Morgan fingerprint density at radius 1 is 0.291 bits per heavy atom. The van der Waals surface area contributed by atoms with Gasteiger partial charge in [-0.2, -0.15) is 0 Å². The fourth-order valence-electron chi connectivity index (χ4n) is 6.26. The first-order valence-electron chi connectivity index (χ1n) is 20.5. The van der Waals surface area contributed by atoms with Crippen LogP contribution in [0, 0.1) is 0 Å². The summed E-state index contributed by atoms with van der Waals surface area (Å²) in [6.45, 7) is 53.6. The first-order valence-corrected chi connectivity index (χ1v) is 47.8. The van der Waals surface area contributed by atoms with E-state index in [1.54, 1.807) is 0 Å². The Bertz CT molecular complexity index is 1180. The molecule has 55 heavy (non-hydrogen) atoms. The molecule has 4 unspecified atom stereocenters. The van der Waals surface area contributed by atoms with E-state index < -0.39 is 128 Å². The summed E-state index contributed by atoms with van der Waals surface area (Å²) in [5.41, 5.74) is 0. The molecule has 0 radical (unpaired) electrons. The zero-order valence-corrected chi connectivity index (χ0v) is 47.7. The molecular formula is C36H86O11Si8. The van der Waals surface area contributed by atoms with E-state index in [1.807, 2.05) is 0 Å². The first-order chi connectivity index (χ1) is 24.2. The van der Waals surface area contributed by atoms with Crippen molar-refractivity contribution < 1.29 is 49.6 Å². The second kappa shape index (κ2) is 19.1. The molecule has 2 saturated heterocycles. The van der Waals surface area contributed by atoms with Gasteiger partial charge in [0.05, 0.1) is 13.2 Å². The number of hydrogen-bond acceptors (Lipinski definition) is 11. The van der Waals surface area contributed by atoms with Crippen LogP contribution in [0.1, 0.15) is 0 Å². The molecule has 2 rings (SSSR count). The van der Waals surface area contributed by atoms with Crippen LogP contribution in [-0.4, -0.2) is 141 Å². The second-order valence-corrected chi connectivity index (χ2v) is 59.0. The minimum absolute atomic E-state index is 0.359. The zero-order valence-electron chi connectivity index (χ0n) is 39.7. The summed E-state index contributed by atoms with van der Waals surface area (Å²) in [6.07, 6.45) is -5.64. The van der Waals surface area contributed by atoms with Gasteiger partial charge in [0.15, 0.2) is 79.1 Å². The molecule has 0 saturated carbocycles. The SMILES string of the molecule is C[Si](C)(C)OCC1O[C@H](O[Si](C)(C)C)C(O[C@@H]2OC(CO[Si](C)(C)C)[C@@H](O[Si](C)(C)C)[C@@H](O[Si](C)(C)C)C2O[Si](C)(C)C)[C@H](O[Si](C)(C)C)[C@@H]1O[Si](C)(C)C. The van der Waals surface area contributed by atoms with Crippen LogP contribution >= 0.6 is 0 Å². The van der Waals surface area contributed by atoms with Crippen molar-refractivity contribution in [2.24, 2.45) is 0 Å². The molecule has 0 aromatic heterocycles. The molecule has 0 spiro atoms. The van der Waals surface area contributed by atoms with Crippen molar-refractivity contribution in [2.45, 2.75) is 219 Å². The van der Waals surface area contributed by atoms with Crippen LogP contribution in [0.15, 0.2) is 0 Å². The van der Waals surface area contributed by atoms with Crippen molar-refractivity contribution in [2.75, 3.05) is 13.2 Å². The van der Waals surface area contributed by atoms with Gasteiger partial charge < -0.3 is 49.6 Å². The topological polar surface area (TPSA) is 102 Å². The van der Waals surface area contributed by atoms with E-state index >= 15 is 0 Å². The van der Waals surface area contributed by atoms with Gasteiger partial charge in [0.2, 0.25) is 0 Å². The zero-order chi connectivity index (χ0) is 43.0. The number of ether oxygens (including phenoxy) is 3. The van der Waals surface area contributed by atoms with E-state index in [4.69, 9.17) is 49.6 Å². The quantitative estimate of drug-likeness (QED) is 0.109. The number of hydrogen-bond donors (Lipinski definition) is 0. The van der Waals surface area contributed by atoms with Gasteiger partial charge in [0, 0.05) is 0 Å². The smallest absolute Gasteiger partial charge is 0.187 e. The Balaban J connectivity index is 2.91. The molecule has 19 heteroatoms. The fourth-order valence-corrected chi connectivity index (χ4v) is 13.9. The van der Waals surface area contributed by atoms with E-state index in [-0.39, 0.29) is 0 Å². The molecule has 328 valence electrons. The predicted molar refractivity (Wildman–Crippen MR) is 246 cm³/mol. The Hall–Kier alpha value is 1.30. The summed E-state index contributed by atoms with van der Waals surface area (Å²) in [7, 11) is -17.0. The van der Waals surface area contributed by atoms with Gasteiger partial charge in [-0.25, -0.2) is 0 Å². The number of rotatable bonds is 20. The summed E-state index contributed by atoms with van der Waals surface area (Å²) < 4.78 is 77.4. The summed E-state index contributed by atoms with van der Waals surface area (Å²) in [6, 6.07) is 0. The molecular weight excluding hydrogens is 833 g/mol. The van der Waals surface area contributed by atoms with Crippen LogP contribution in [-0.2, 0) is 49.6 Å². The average Bonchev–Trinajstić information content (AvgIpc) is 2.87. The normalized spacial score (nSPS) is 31.2. The summed E-state index contributed by atoms with van der Waals surface area (Å²) in [5.74, 6) is 0. The maximum atomic E-state index is 7.43. The lowest BCUT2D eigenvalue weighted by Crippen LogP contribution is -2.70. The lowest BCUT2D eigenvalue weighted by Gasteiger charge is -2.54. The summed E-state index contributed by atoms with van der Waals surface area (Å²) in [5, 5.41) is 0. The molecule has 0 aliphatic carbocycles. The van der Waals surface area contributed by atoms with Gasteiger partial charge in [0.1, 0.15) is 48.8 Å². The van der Waals surface area contributed by atoms with Crippen LogP contribution in [0.4, 0.5) is 0 Å². The van der Waals surface area contributed by atoms with Crippen molar-refractivity contribution in [1.82, 2.24) is 0 Å². The van der Waals surface area contributed by atoms with E-state index in [1.165, 1.54) is 0 Å². The molecule has 2 fully saturated rings. The van der Waals surface area contributed by atoms with Gasteiger partial charge in [-0.1, -0.05) is 0 Å². The summed E-state index contributed by atoms with van der Waals surface area (Å²) in [4.78, 5) is 0. The van der Waals surface area contributed by atoms with Gasteiger partial charge in [-0.05, 0) is 157 Å². The molecule has 0 amide bonds. The lowest BCUT2D eigenvalue weighted by atomic mass is 9.97. The molecule has 0 bridgehead atoms. The van der Waals surface area contributed by atoms with Crippen molar-refractivity contribution in [3.05, 3.63) is 0 Å². The van der Waals surface area contributed by atoms with Crippen LogP contribution in [0.25, 0.3) is 0 Å². The molecule has 0 aromatic carbocycles. The van der Waals surface area contributed by atoms with Crippen molar-refractivity contribution in [3.8, 4) is 0 Å². The Morgan fingerprint density at radius 3 is 0.873 bits per heavy atom. The minimum atomic E-state index is -2.23. The summed E-state index contributed by atoms with van der Waals surface area (Å²) >= 11 is 0. The van der Waals surface area contributed by atoms with Gasteiger partial charge in [-0.3, -0.25) is 0 Å². The second-order valence-electron chi connectivity index (χ2n) is 23.2. The molecule has 11 nitrogen and oxygen atoms in total. The van der Waals surface area contributed by atoms with Crippen LogP contribution in [0.2, 0.25) is 157 Å². The fraction of sp³-hybridized carbons (Fsp3) is 1.00. The van der Waals surface area contributed by atoms with E-state index in [2.05, 4.69) is 157 Å². The third-order valence-electron chi connectivity index (χ3n) is 7.75. The highest BCUT2D eigenvalue weighted by Crippen LogP contribution is 2.39. The van der Waals surface area contributed by atoms with Crippen molar-refractivity contribution in [3.63, 3.8) is 0 Å². The molecule has 2 aliphatic heterocycles. The maximum absolute atomic E-state index is 7.43. The van der Waals surface area contributed by atoms with E-state index in [0.29, 0.717) is 13.2 Å². The first kappa shape index (κ1) is 52.4. The molecule has 0 aromatic rings. The molecule has 0 N–H and O–H groups in total. The highest BCUT2D eigenvalue weighted by molar-refractivity contribution is 6.72. The van der Waals surface area contributed by atoms with Gasteiger partial charge in [0.25, 0.3) is 0 Å². The van der Waals surface area contributed by atoms with Crippen LogP contribution in [0.3, 0.4) is 0 Å². The van der Waals surface area contributed by atoms with Crippen molar-refractivity contribution in [1.29, 1.82) is 0 Å². The molecule has 2 aliphatic rings. The lowest BCUT2D eigenvalue weighted by molar-refractivity contribution is -0.351. The molecule has 2 heterocycles. The van der Waals surface area contributed by atoms with E-state index in [9.17, 15) is 0 Å². The van der Waals surface area contributed by atoms with Crippen LogP contribution < -0.4 is 0 Å². The third-order valence-corrected chi connectivity index (χ3v) is 15.7. The third kappa shape index (κ3) is 20.6. The van der Waals surface area contributed by atoms with Gasteiger partial charge in [-0.15, -0.1) is 0 Å². The van der Waals surface area contributed by atoms with E-state index in [0.717, 1.165) is 0 Å². The predicted octanol–water partition coefficient (Wildman–Crippen LogP) is 9.48. The highest BCUT2D eigenvalue weighted by atomic mass is 28.4. The molecule has 10 atom stereocenters. The Kier molecular flexibility index (Phi) is 18.2. The Labute approximate surface area is 346 Å². The van der Waals surface area contributed by atoms with Gasteiger partial charge >= 0.3 is 0 Å². The standard InChI is InChI=1S/C36H86O11Si8/c1-48(2,3)37-25-27-30(43-51(10,11)12)32(45-53(16,17)18)34(46-54(19,20)21)35(39-27)41-33-31(44-52(13,14)15)29(42-50(7,8)9)28(26-38-49(4,5)6)40-36(33)47-55(22,23)24/h27-36H,25-26H2,1-24H3/t27?,28?,29-,30-,31-,32-,33?,34?,35+,36-/m1/s1. The Morgan fingerprint density at radius 2 is 0.564 bits per heavy atom. The average molecular weight is 920 g/mol. The maximum Gasteiger partial charge on any atom is 0.187 e. The van der Waals surface area contributed by atoms with Crippen LogP contribution in [0.5, 0.6) is 0 Å². The largest absolute Gasteiger partial charge is 0.415 e.